The highest BCUT2D eigenvalue weighted by molar-refractivity contribution is 6.30. The van der Waals surface area contributed by atoms with Crippen molar-refractivity contribution in [2.24, 2.45) is 0 Å². The van der Waals surface area contributed by atoms with Crippen molar-refractivity contribution >= 4 is 23.6 Å². The Morgan fingerprint density at radius 3 is 2.35 bits per heavy atom. The van der Waals surface area contributed by atoms with Crippen molar-refractivity contribution in [1.29, 1.82) is 0 Å². The van der Waals surface area contributed by atoms with Gasteiger partial charge in [0.25, 0.3) is 0 Å². The van der Waals surface area contributed by atoms with Crippen LogP contribution in [0.4, 0.5) is 31.1 Å². The van der Waals surface area contributed by atoms with Crippen molar-refractivity contribution in [3.63, 3.8) is 0 Å². The molecular formula is C24H22ClF6N5O4. The van der Waals surface area contributed by atoms with Crippen LogP contribution < -0.4 is 16.3 Å². The number of amides is 2. The summed E-state index contributed by atoms with van der Waals surface area (Å²) in [6, 6.07) is 8.54. The Labute approximate surface area is 227 Å². The molecule has 9 nitrogen and oxygen atoms in total. The number of benzene rings is 2. The first-order valence-corrected chi connectivity index (χ1v) is 11.8. The third-order valence-electron chi connectivity index (χ3n) is 5.52. The Kier molecular flexibility index (Phi) is 9.50. The van der Waals surface area contributed by atoms with Crippen LogP contribution in [0.2, 0.25) is 5.02 Å². The number of alkyl carbamates (subject to hydrolysis) is 1. The minimum atomic E-state index is -4.69. The Hall–Kier alpha value is -4.01. The summed E-state index contributed by atoms with van der Waals surface area (Å²) < 4.78 is 84.2. The number of alkyl halides is 6. The molecule has 0 aliphatic rings. The lowest BCUT2D eigenvalue weighted by Crippen LogP contribution is -2.40. The van der Waals surface area contributed by atoms with Crippen LogP contribution >= 0.6 is 11.6 Å². The van der Waals surface area contributed by atoms with Crippen LogP contribution in [0.15, 0.2) is 53.3 Å². The fourth-order valence-corrected chi connectivity index (χ4v) is 3.74. The predicted octanol–water partition coefficient (Wildman–Crippen LogP) is 4.55. The first kappa shape index (κ1) is 30.5. The third-order valence-corrected chi connectivity index (χ3v) is 5.78. The van der Waals surface area contributed by atoms with Crippen molar-refractivity contribution < 1.29 is 40.7 Å². The largest absolute Gasteiger partial charge is 0.453 e. The number of nitrogens with zero attached hydrogens (tertiary/aromatic N) is 3. The van der Waals surface area contributed by atoms with E-state index in [1.165, 1.54) is 30.3 Å². The Morgan fingerprint density at radius 1 is 1.07 bits per heavy atom. The second-order valence-corrected chi connectivity index (χ2v) is 8.84. The molecule has 2 amide bonds. The van der Waals surface area contributed by atoms with Gasteiger partial charge in [-0.2, -0.15) is 26.3 Å². The molecule has 1 heterocycles. The molecule has 1 aromatic heterocycles. The molecule has 1 unspecified atom stereocenters. The summed E-state index contributed by atoms with van der Waals surface area (Å²) in [5.41, 5.74) is -1.79. The van der Waals surface area contributed by atoms with E-state index in [9.17, 15) is 40.7 Å². The van der Waals surface area contributed by atoms with Gasteiger partial charge < -0.3 is 15.4 Å². The molecule has 216 valence electrons. The van der Waals surface area contributed by atoms with E-state index in [2.05, 4.69) is 20.5 Å². The first-order chi connectivity index (χ1) is 18.7. The van der Waals surface area contributed by atoms with E-state index in [4.69, 9.17) is 11.6 Å². The minimum Gasteiger partial charge on any atom is -0.453 e. The number of hydrogen-bond acceptors (Lipinski definition) is 5. The average molecular weight is 594 g/mol. The van der Waals surface area contributed by atoms with Gasteiger partial charge in [-0.05, 0) is 42.0 Å². The molecule has 0 bridgehead atoms. The number of carbonyl (C=O) groups is 2. The molecular weight excluding hydrogens is 572 g/mol. The third kappa shape index (κ3) is 8.24. The van der Waals surface area contributed by atoms with E-state index in [1.807, 2.05) is 0 Å². The molecule has 0 fully saturated rings. The van der Waals surface area contributed by atoms with Gasteiger partial charge in [0.15, 0.2) is 5.82 Å². The fraction of sp³-hybridized carbons (Fsp3) is 0.333. The quantitative estimate of drug-likeness (QED) is 0.354. The van der Waals surface area contributed by atoms with Gasteiger partial charge in [0.2, 0.25) is 5.91 Å². The van der Waals surface area contributed by atoms with E-state index in [-0.39, 0.29) is 23.5 Å². The van der Waals surface area contributed by atoms with E-state index < -0.39 is 61.2 Å². The van der Waals surface area contributed by atoms with Gasteiger partial charge in [-0.3, -0.25) is 9.36 Å². The Morgan fingerprint density at radius 2 is 1.75 bits per heavy atom. The number of nitrogens with one attached hydrogen (secondary N) is 2. The number of ether oxygens (including phenoxy) is 1. The minimum absolute atomic E-state index is 0.0236. The molecule has 16 heteroatoms. The van der Waals surface area contributed by atoms with Crippen LogP contribution in [0.25, 0.3) is 11.4 Å². The van der Waals surface area contributed by atoms with Crippen molar-refractivity contribution in [3.8, 4) is 11.4 Å². The van der Waals surface area contributed by atoms with Crippen LogP contribution in [0.1, 0.15) is 23.6 Å². The lowest BCUT2D eigenvalue weighted by atomic mass is 10.0. The Balaban J connectivity index is 1.90. The molecule has 0 saturated heterocycles. The zero-order chi connectivity index (χ0) is 29.7. The maximum absolute atomic E-state index is 13.2. The van der Waals surface area contributed by atoms with Gasteiger partial charge in [0, 0.05) is 23.7 Å². The van der Waals surface area contributed by atoms with Crippen LogP contribution in [-0.2, 0) is 28.8 Å². The van der Waals surface area contributed by atoms with E-state index >= 15 is 0 Å². The number of aromatic nitrogens is 3. The predicted molar refractivity (Wildman–Crippen MR) is 130 cm³/mol. The maximum Gasteiger partial charge on any atom is 0.416 e. The fourth-order valence-electron chi connectivity index (χ4n) is 3.61. The molecule has 0 spiro atoms. The number of methoxy groups -OCH3 is 1. The highest BCUT2D eigenvalue weighted by atomic mass is 35.5. The summed E-state index contributed by atoms with van der Waals surface area (Å²) in [7, 11) is 1.06. The summed E-state index contributed by atoms with van der Waals surface area (Å²) in [6.45, 7) is -1.95. The van der Waals surface area contributed by atoms with Crippen LogP contribution in [0, 0.1) is 0 Å². The molecule has 0 aliphatic carbocycles. The summed E-state index contributed by atoms with van der Waals surface area (Å²) in [4.78, 5) is 37.4. The van der Waals surface area contributed by atoms with Gasteiger partial charge in [-0.15, -0.1) is 5.10 Å². The number of halogens is 7. The zero-order valence-electron chi connectivity index (χ0n) is 20.6. The van der Waals surface area contributed by atoms with E-state index in [0.29, 0.717) is 9.70 Å². The van der Waals surface area contributed by atoms with Crippen LogP contribution in [0.5, 0.6) is 0 Å². The molecule has 0 radical (unpaired) electrons. The standard InChI is InChI=1S/C24H22ClF6N5O4/c1-40-21(38)32-12-18(15-3-2-4-16(11-15)24(29,30)31)33-19(37)13-36-22(39)35(10-9-23(26,27)28)20(34-36)14-5-7-17(25)8-6-14/h2-8,11,18H,9-10,12-13H2,1H3,(H,32,38)(H,33,37). The monoisotopic (exact) mass is 593 g/mol. The molecule has 3 rings (SSSR count). The zero-order valence-corrected chi connectivity index (χ0v) is 21.4. The smallest absolute Gasteiger partial charge is 0.416 e. The molecule has 0 aliphatic heterocycles. The molecule has 3 aromatic rings. The highest BCUT2D eigenvalue weighted by Crippen LogP contribution is 2.31. The normalized spacial score (nSPS) is 12.6. The van der Waals surface area contributed by atoms with Crippen molar-refractivity contribution in [3.05, 3.63) is 75.2 Å². The van der Waals surface area contributed by atoms with E-state index in [0.717, 1.165) is 29.9 Å². The van der Waals surface area contributed by atoms with Gasteiger partial charge in [0.05, 0.1) is 25.1 Å². The van der Waals surface area contributed by atoms with Gasteiger partial charge in [-0.25, -0.2) is 14.3 Å². The number of carbonyl (C=O) groups excluding carboxylic acids is 2. The topological polar surface area (TPSA) is 107 Å². The van der Waals surface area contributed by atoms with Gasteiger partial charge in [0.1, 0.15) is 6.54 Å². The molecule has 2 N–H and O–H groups in total. The van der Waals surface area contributed by atoms with E-state index in [1.54, 1.807) is 0 Å². The van der Waals surface area contributed by atoms with Gasteiger partial charge in [-0.1, -0.05) is 23.7 Å². The highest BCUT2D eigenvalue weighted by Gasteiger charge is 2.32. The first-order valence-electron chi connectivity index (χ1n) is 11.5. The molecule has 0 saturated carbocycles. The van der Waals surface area contributed by atoms with Crippen molar-refractivity contribution in [2.45, 2.75) is 37.9 Å². The SMILES string of the molecule is COC(=O)NCC(NC(=O)Cn1nc(-c2ccc(Cl)cc2)n(CCC(F)(F)F)c1=O)c1cccc(C(F)(F)F)c1. The van der Waals surface area contributed by atoms with Crippen molar-refractivity contribution in [1.82, 2.24) is 25.0 Å². The molecule has 1 atom stereocenters. The van der Waals surface area contributed by atoms with Gasteiger partial charge >= 0.3 is 24.1 Å². The molecule has 40 heavy (non-hydrogen) atoms. The average Bonchev–Trinajstić information content (AvgIpc) is 3.19. The second-order valence-electron chi connectivity index (χ2n) is 8.40. The summed E-state index contributed by atoms with van der Waals surface area (Å²) >= 11 is 5.86. The maximum atomic E-state index is 13.2. The summed E-state index contributed by atoms with van der Waals surface area (Å²) in [5, 5.41) is 9.04. The Bertz CT molecular complexity index is 1400. The second kappa shape index (κ2) is 12.4. The van der Waals surface area contributed by atoms with Crippen molar-refractivity contribution in [2.75, 3.05) is 13.7 Å². The summed E-state index contributed by atoms with van der Waals surface area (Å²) in [5.74, 6) is -1.07. The number of rotatable bonds is 9. The summed E-state index contributed by atoms with van der Waals surface area (Å²) in [6.07, 6.45) is -11.5. The van der Waals surface area contributed by atoms with Crippen LogP contribution in [-0.4, -0.2) is 46.2 Å². The van der Waals surface area contributed by atoms with Crippen LogP contribution in [0.3, 0.4) is 0 Å². The number of hydrogen-bond donors (Lipinski definition) is 2. The lowest BCUT2D eigenvalue weighted by molar-refractivity contribution is -0.138. The molecule has 2 aromatic carbocycles. The lowest BCUT2D eigenvalue weighted by Gasteiger charge is -2.20.